The van der Waals surface area contributed by atoms with Crippen LogP contribution in [-0.4, -0.2) is 37.1 Å². The second-order valence-electron chi connectivity index (χ2n) is 6.06. The lowest BCUT2D eigenvalue weighted by molar-refractivity contribution is -0.384. The van der Waals surface area contributed by atoms with Gasteiger partial charge in [-0.1, -0.05) is 0 Å². The Labute approximate surface area is 134 Å². The average Bonchev–Trinajstić information content (AvgIpc) is 2.88. The van der Waals surface area contributed by atoms with Crippen LogP contribution in [0.15, 0.2) is 23.1 Å². The highest BCUT2D eigenvalue weighted by Gasteiger charge is 2.28. The number of thioether (sulfide) groups is 1. The normalized spacial score (nSPS) is 16.0. The van der Waals surface area contributed by atoms with Crippen molar-refractivity contribution in [1.82, 2.24) is 4.72 Å². The molecule has 1 saturated heterocycles. The Balaban J connectivity index is 2.43. The summed E-state index contributed by atoms with van der Waals surface area (Å²) in [6.07, 6.45) is 0. The number of sulfonamides is 1. The Morgan fingerprint density at radius 3 is 2.55 bits per heavy atom. The van der Waals surface area contributed by atoms with E-state index < -0.39 is 20.5 Å². The van der Waals surface area contributed by atoms with Crippen molar-refractivity contribution < 1.29 is 13.3 Å². The molecule has 22 heavy (non-hydrogen) atoms. The van der Waals surface area contributed by atoms with Crippen molar-refractivity contribution in [3.63, 3.8) is 0 Å². The molecule has 1 aliphatic heterocycles. The van der Waals surface area contributed by atoms with Crippen LogP contribution in [0.25, 0.3) is 0 Å². The van der Waals surface area contributed by atoms with Crippen LogP contribution in [0.1, 0.15) is 20.8 Å². The fraction of sp³-hybridized carbons (Fsp3) is 0.538. The lowest BCUT2D eigenvalue weighted by Crippen LogP contribution is -2.40. The van der Waals surface area contributed by atoms with Gasteiger partial charge in [0, 0.05) is 23.9 Å². The number of rotatable bonds is 4. The molecule has 1 aromatic carbocycles. The molecule has 0 amide bonds. The smallest absolute Gasteiger partial charge is 0.293 e. The van der Waals surface area contributed by atoms with Crippen LogP contribution in [0.2, 0.25) is 0 Å². The monoisotopic (exact) mass is 345 g/mol. The summed E-state index contributed by atoms with van der Waals surface area (Å²) >= 11 is 1.69. The molecule has 0 saturated carbocycles. The second kappa shape index (κ2) is 6.05. The summed E-state index contributed by atoms with van der Waals surface area (Å²) in [4.78, 5) is 12.6. The Morgan fingerprint density at radius 2 is 2.05 bits per heavy atom. The maximum atomic E-state index is 12.3. The minimum absolute atomic E-state index is 0.0928. The van der Waals surface area contributed by atoms with Crippen molar-refractivity contribution in [2.24, 2.45) is 0 Å². The molecule has 0 radical (unpaired) electrons. The van der Waals surface area contributed by atoms with E-state index >= 15 is 0 Å². The fourth-order valence-electron chi connectivity index (χ4n) is 2.15. The highest BCUT2D eigenvalue weighted by atomic mass is 32.2. The molecular formula is C13H19N3O4S2. The summed E-state index contributed by atoms with van der Waals surface area (Å²) in [6.45, 7) is 5.87. The summed E-state index contributed by atoms with van der Waals surface area (Å²) in [5.41, 5.74) is -0.373. The first-order chi connectivity index (χ1) is 10.1. The number of anilines is 1. The average molecular weight is 345 g/mol. The number of nitro groups is 1. The van der Waals surface area contributed by atoms with Gasteiger partial charge in [0.25, 0.3) is 5.69 Å². The van der Waals surface area contributed by atoms with Crippen LogP contribution in [-0.2, 0) is 10.0 Å². The lowest BCUT2D eigenvalue weighted by atomic mass is 10.1. The maximum absolute atomic E-state index is 12.3. The van der Waals surface area contributed by atoms with E-state index in [9.17, 15) is 18.5 Å². The van der Waals surface area contributed by atoms with Crippen molar-refractivity contribution in [3.05, 3.63) is 28.3 Å². The van der Waals surface area contributed by atoms with Gasteiger partial charge in [0.1, 0.15) is 5.69 Å². The second-order valence-corrected chi connectivity index (χ2v) is 8.82. The van der Waals surface area contributed by atoms with Gasteiger partial charge in [-0.2, -0.15) is 0 Å². The maximum Gasteiger partial charge on any atom is 0.293 e. The number of benzene rings is 1. The molecular weight excluding hydrogens is 326 g/mol. The number of nitrogens with one attached hydrogen (secondary N) is 1. The first-order valence-corrected chi connectivity index (χ1v) is 9.39. The summed E-state index contributed by atoms with van der Waals surface area (Å²) in [5.74, 6) is 1.58. The van der Waals surface area contributed by atoms with Crippen molar-refractivity contribution in [1.29, 1.82) is 0 Å². The van der Waals surface area contributed by atoms with E-state index in [1.54, 1.807) is 32.5 Å². The van der Waals surface area contributed by atoms with Crippen LogP contribution in [0.3, 0.4) is 0 Å². The van der Waals surface area contributed by atoms with E-state index in [1.807, 2.05) is 4.90 Å². The van der Waals surface area contributed by atoms with Gasteiger partial charge in [-0.3, -0.25) is 10.1 Å². The zero-order valence-corrected chi connectivity index (χ0v) is 14.3. The van der Waals surface area contributed by atoms with Crippen LogP contribution < -0.4 is 9.62 Å². The number of nitro benzene ring substituents is 1. The Morgan fingerprint density at radius 1 is 1.36 bits per heavy atom. The molecule has 122 valence electrons. The lowest BCUT2D eigenvalue weighted by Gasteiger charge is -2.21. The van der Waals surface area contributed by atoms with Crippen molar-refractivity contribution in [2.45, 2.75) is 31.2 Å². The standard InChI is InChI=1S/C13H19N3O4S2/c1-13(2,3)14-22(19,20)10-4-5-11(12(8-10)16(17)18)15-6-7-21-9-15/h4-5,8,14H,6-7,9H2,1-3H3. The quantitative estimate of drug-likeness (QED) is 0.664. The van der Waals surface area contributed by atoms with E-state index in [0.717, 1.165) is 18.4 Å². The molecule has 0 spiro atoms. The van der Waals surface area contributed by atoms with Gasteiger partial charge >= 0.3 is 0 Å². The predicted molar refractivity (Wildman–Crippen MR) is 87.8 cm³/mol. The van der Waals surface area contributed by atoms with E-state index in [-0.39, 0.29) is 10.6 Å². The third kappa shape index (κ3) is 3.90. The van der Waals surface area contributed by atoms with Crippen LogP contribution in [0.4, 0.5) is 11.4 Å². The van der Waals surface area contributed by atoms with Gasteiger partial charge in [0.2, 0.25) is 10.0 Å². The van der Waals surface area contributed by atoms with E-state index in [1.165, 1.54) is 12.1 Å². The topological polar surface area (TPSA) is 92.6 Å². The van der Waals surface area contributed by atoms with Gasteiger partial charge in [-0.05, 0) is 32.9 Å². The molecule has 0 atom stereocenters. The molecule has 9 heteroatoms. The zero-order valence-electron chi connectivity index (χ0n) is 12.7. The number of hydrogen-bond donors (Lipinski definition) is 1. The minimum Gasteiger partial charge on any atom is -0.356 e. The SMILES string of the molecule is CC(C)(C)NS(=O)(=O)c1ccc(N2CCSC2)c([N+](=O)[O-])c1. The van der Waals surface area contributed by atoms with Gasteiger partial charge in [0.05, 0.1) is 15.7 Å². The van der Waals surface area contributed by atoms with Gasteiger partial charge < -0.3 is 4.90 Å². The highest BCUT2D eigenvalue weighted by Crippen LogP contribution is 2.33. The zero-order chi connectivity index (χ0) is 16.5. The summed E-state index contributed by atoms with van der Waals surface area (Å²) in [6, 6.07) is 4.06. The third-order valence-electron chi connectivity index (χ3n) is 2.99. The number of nitrogens with zero attached hydrogens (tertiary/aromatic N) is 2. The largest absolute Gasteiger partial charge is 0.356 e. The Hall–Kier alpha value is -1.32. The van der Waals surface area contributed by atoms with E-state index in [0.29, 0.717) is 11.6 Å². The molecule has 0 unspecified atom stereocenters. The third-order valence-corrected chi connectivity index (χ3v) is 5.71. The minimum atomic E-state index is -3.79. The van der Waals surface area contributed by atoms with Crippen LogP contribution in [0.5, 0.6) is 0 Å². The highest BCUT2D eigenvalue weighted by molar-refractivity contribution is 7.99. The molecule has 7 nitrogen and oxygen atoms in total. The molecule has 1 N–H and O–H groups in total. The predicted octanol–water partition coefficient (Wildman–Crippen LogP) is 2.18. The van der Waals surface area contributed by atoms with Gasteiger partial charge in [-0.25, -0.2) is 13.1 Å². The van der Waals surface area contributed by atoms with Crippen molar-refractivity contribution >= 4 is 33.2 Å². The summed E-state index contributed by atoms with van der Waals surface area (Å²) in [7, 11) is -3.79. The molecule has 1 heterocycles. The molecule has 0 aliphatic carbocycles. The van der Waals surface area contributed by atoms with Crippen LogP contribution in [0, 0.1) is 10.1 Å². The molecule has 1 aliphatic rings. The van der Waals surface area contributed by atoms with E-state index in [2.05, 4.69) is 4.72 Å². The van der Waals surface area contributed by atoms with Crippen LogP contribution >= 0.6 is 11.8 Å². The number of hydrogen-bond acceptors (Lipinski definition) is 6. The Bertz CT molecular complexity index is 677. The van der Waals surface area contributed by atoms with Crippen molar-refractivity contribution in [3.8, 4) is 0 Å². The first-order valence-electron chi connectivity index (χ1n) is 6.75. The molecule has 1 aromatic rings. The summed E-state index contributed by atoms with van der Waals surface area (Å²) < 4.78 is 27.1. The van der Waals surface area contributed by atoms with Crippen molar-refractivity contribution in [2.75, 3.05) is 23.1 Å². The fourth-order valence-corrected chi connectivity index (χ4v) is 4.56. The van der Waals surface area contributed by atoms with Gasteiger partial charge in [-0.15, -0.1) is 11.8 Å². The molecule has 1 fully saturated rings. The Kier molecular flexibility index (Phi) is 4.69. The first kappa shape index (κ1) is 17.0. The molecule has 2 rings (SSSR count). The summed E-state index contributed by atoms with van der Waals surface area (Å²) in [5, 5.41) is 11.3. The molecule has 0 aromatic heterocycles. The molecule has 0 bridgehead atoms. The van der Waals surface area contributed by atoms with Gasteiger partial charge in [0.15, 0.2) is 0 Å². The van der Waals surface area contributed by atoms with E-state index in [4.69, 9.17) is 0 Å².